The summed E-state index contributed by atoms with van der Waals surface area (Å²) in [7, 11) is 0. The van der Waals surface area contributed by atoms with Crippen LogP contribution in [0.4, 0.5) is 4.79 Å². The molecule has 158 valence electrons. The molecule has 2 N–H and O–H groups in total. The molecule has 1 heterocycles. The molecule has 3 aromatic carbocycles. The van der Waals surface area contributed by atoms with Gasteiger partial charge in [-0.2, -0.15) is 0 Å². The second kappa shape index (κ2) is 8.92. The Kier molecular flexibility index (Phi) is 5.89. The Balaban J connectivity index is 1.65. The number of carbonyl (C=O) groups is 1. The lowest BCUT2D eigenvalue weighted by Gasteiger charge is -2.11. The van der Waals surface area contributed by atoms with Crippen LogP contribution in [0, 0.1) is 0 Å². The zero-order valence-electron chi connectivity index (χ0n) is 17.3. The number of para-hydroxylation sites is 2. The maximum atomic E-state index is 11.0. The van der Waals surface area contributed by atoms with Crippen molar-refractivity contribution in [3.63, 3.8) is 0 Å². The Bertz CT molecular complexity index is 1210. The number of hydrogen-bond acceptors (Lipinski definition) is 4. The molecule has 6 nitrogen and oxygen atoms in total. The van der Waals surface area contributed by atoms with E-state index in [1.165, 1.54) is 0 Å². The van der Waals surface area contributed by atoms with Gasteiger partial charge in [-0.1, -0.05) is 61.9 Å². The van der Waals surface area contributed by atoms with E-state index < -0.39 is 6.16 Å². The largest absolute Gasteiger partial charge is 0.511 e. The third-order valence-electron chi connectivity index (χ3n) is 5.28. The van der Waals surface area contributed by atoms with Crippen molar-refractivity contribution >= 4 is 17.2 Å². The van der Waals surface area contributed by atoms with E-state index in [4.69, 9.17) is 14.8 Å². The van der Waals surface area contributed by atoms with E-state index >= 15 is 0 Å². The first-order valence-corrected chi connectivity index (χ1v) is 10.3. The third kappa shape index (κ3) is 4.38. The molecule has 4 aromatic rings. The van der Waals surface area contributed by atoms with Gasteiger partial charge < -0.3 is 19.5 Å². The van der Waals surface area contributed by atoms with Crippen LogP contribution in [0.3, 0.4) is 0 Å². The molecule has 0 bridgehead atoms. The van der Waals surface area contributed by atoms with Gasteiger partial charge in [0.2, 0.25) is 0 Å². The maximum absolute atomic E-state index is 11.0. The minimum atomic E-state index is -1.33. The summed E-state index contributed by atoms with van der Waals surface area (Å²) in [5, 5.41) is 19.2. The van der Waals surface area contributed by atoms with Crippen LogP contribution in [0.1, 0.15) is 31.2 Å². The molecule has 6 heteroatoms. The van der Waals surface area contributed by atoms with E-state index in [2.05, 4.69) is 11.5 Å². The predicted octanol–water partition coefficient (Wildman–Crippen LogP) is 5.86. The molecule has 0 amide bonds. The van der Waals surface area contributed by atoms with E-state index in [0.717, 1.165) is 47.3 Å². The van der Waals surface area contributed by atoms with Crippen LogP contribution in [0.5, 0.6) is 11.5 Å². The van der Waals surface area contributed by atoms with Crippen molar-refractivity contribution in [3.8, 4) is 22.6 Å². The molecule has 0 aliphatic carbocycles. The zero-order valence-corrected chi connectivity index (χ0v) is 17.3. The van der Waals surface area contributed by atoms with Crippen LogP contribution in [0.25, 0.3) is 22.2 Å². The molecule has 4 rings (SSSR count). The van der Waals surface area contributed by atoms with Crippen molar-refractivity contribution in [2.24, 2.45) is 0 Å². The van der Waals surface area contributed by atoms with Gasteiger partial charge in [0.1, 0.15) is 22.8 Å². The number of ether oxygens (including phenoxy) is 1. The number of aromatic hydroxyl groups is 1. The second-order valence-electron chi connectivity index (χ2n) is 7.42. The van der Waals surface area contributed by atoms with Gasteiger partial charge in [0.05, 0.1) is 5.52 Å². The average Bonchev–Trinajstić information content (AvgIpc) is 3.11. The fraction of sp³-hybridized carbons (Fsp3) is 0.200. The lowest BCUT2D eigenvalue weighted by molar-refractivity contribution is 0.144. The standard InChI is InChI=1S/C25H24N2O4/c1-2-3-11-23-26-24-20(8-6-9-21(24)28)27(23)16-17-12-14-18(15-13-17)19-7-4-5-10-22(19)31-25(29)30/h4-10,12-15,28H,2-3,11,16H2,1H3,(H,29,30). The molecule has 0 saturated carbocycles. The fourth-order valence-corrected chi connectivity index (χ4v) is 3.74. The Hall–Kier alpha value is -3.80. The monoisotopic (exact) mass is 416 g/mol. The van der Waals surface area contributed by atoms with Gasteiger partial charge in [0.15, 0.2) is 0 Å². The van der Waals surface area contributed by atoms with Gasteiger partial charge in [-0.05, 0) is 35.7 Å². The quantitative estimate of drug-likeness (QED) is 0.291. The number of unbranched alkanes of at least 4 members (excludes halogenated alkanes) is 1. The molecule has 1 aromatic heterocycles. The van der Waals surface area contributed by atoms with Crippen LogP contribution in [0.15, 0.2) is 66.7 Å². The molecule has 31 heavy (non-hydrogen) atoms. The summed E-state index contributed by atoms with van der Waals surface area (Å²) in [6.07, 6.45) is 1.62. The SMILES string of the molecule is CCCCc1nc2c(O)cccc2n1Cc1ccc(-c2ccccc2OC(=O)O)cc1. The van der Waals surface area contributed by atoms with Crippen molar-refractivity contribution in [2.45, 2.75) is 32.7 Å². The van der Waals surface area contributed by atoms with Gasteiger partial charge in [0.25, 0.3) is 0 Å². The topological polar surface area (TPSA) is 84.6 Å². The van der Waals surface area contributed by atoms with E-state index in [0.29, 0.717) is 17.8 Å². The molecule has 0 unspecified atom stereocenters. The molecule has 0 atom stereocenters. The van der Waals surface area contributed by atoms with Crippen molar-refractivity contribution in [1.29, 1.82) is 0 Å². The van der Waals surface area contributed by atoms with Crippen molar-refractivity contribution in [1.82, 2.24) is 9.55 Å². The molecule has 0 radical (unpaired) electrons. The van der Waals surface area contributed by atoms with Gasteiger partial charge in [0, 0.05) is 18.5 Å². The van der Waals surface area contributed by atoms with Crippen molar-refractivity contribution in [2.75, 3.05) is 0 Å². The minimum absolute atomic E-state index is 0.194. The lowest BCUT2D eigenvalue weighted by Crippen LogP contribution is -2.05. The van der Waals surface area contributed by atoms with Crippen LogP contribution in [0.2, 0.25) is 0 Å². The van der Waals surface area contributed by atoms with E-state index in [-0.39, 0.29) is 5.75 Å². The molecular formula is C25H24N2O4. The number of fused-ring (bicyclic) bond motifs is 1. The summed E-state index contributed by atoms with van der Waals surface area (Å²) < 4.78 is 7.06. The Labute approximate surface area is 180 Å². The number of phenols is 1. The number of aromatic nitrogens is 2. The number of nitrogens with zero attached hydrogens (tertiary/aromatic N) is 2. The van der Waals surface area contributed by atoms with Crippen molar-refractivity contribution < 1.29 is 19.7 Å². The Morgan fingerprint density at radius 2 is 1.81 bits per heavy atom. The van der Waals surface area contributed by atoms with Gasteiger partial charge in [-0.3, -0.25) is 0 Å². The minimum Gasteiger partial charge on any atom is -0.506 e. The smallest absolute Gasteiger partial charge is 0.506 e. The summed E-state index contributed by atoms with van der Waals surface area (Å²) in [4.78, 5) is 15.7. The number of hydrogen-bond donors (Lipinski definition) is 2. The van der Waals surface area contributed by atoms with Crippen LogP contribution >= 0.6 is 0 Å². The highest BCUT2D eigenvalue weighted by Crippen LogP contribution is 2.31. The molecule has 0 aliphatic rings. The highest BCUT2D eigenvalue weighted by atomic mass is 16.7. The average molecular weight is 416 g/mol. The van der Waals surface area contributed by atoms with Crippen LogP contribution in [-0.2, 0) is 13.0 Å². The maximum Gasteiger partial charge on any atom is 0.511 e. The number of imidazole rings is 1. The molecule has 0 saturated heterocycles. The zero-order chi connectivity index (χ0) is 21.8. The van der Waals surface area contributed by atoms with E-state index in [1.54, 1.807) is 18.2 Å². The number of benzene rings is 3. The number of carboxylic acid groups (broad SMARTS) is 1. The van der Waals surface area contributed by atoms with Gasteiger partial charge >= 0.3 is 6.16 Å². The summed E-state index contributed by atoms with van der Waals surface area (Å²) in [5.74, 6) is 1.46. The summed E-state index contributed by atoms with van der Waals surface area (Å²) in [5.41, 5.74) is 4.22. The summed E-state index contributed by atoms with van der Waals surface area (Å²) in [6.45, 7) is 2.78. The first-order chi connectivity index (χ1) is 15.1. The summed E-state index contributed by atoms with van der Waals surface area (Å²) in [6, 6.07) is 20.5. The predicted molar refractivity (Wildman–Crippen MR) is 120 cm³/mol. The molecule has 0 fully saturated rings. The second-order valence-corrected chi connectivity index (χ2v) is 7.42. The third-order valence-corrected chi connectivity index (χ3v) is 5.28. The van der Waals surface area contributed by atoms with Crippen LogP contribution in [-0.4, -0.2) is 25.9 Å². The van der Waals surface area contributed by atoms with Crippen LogP contribution < -0.4 is 4.74 Å². The molecule has 0 aliphatic heterocycles. The number of aryl methyl sites for hydroxylation is 1. The fourth-order valence-electron chi connectivity index (χ4n) is 3.74. The molecule has 0 spiro atoms. The number of rotatable bonds is 7. The normalized spacial score (nSPS) is 11.0. The summed E-state index contributed by atoms with van der Waals surface area (Å²) >= 11 is 0. The first-order valence-electron chi connectivity index (χ1n) is 10.3. The highest BCUT2D eigenvalue weighted by molar-refractivity contribution is 5.82. The van der Waals surface area contributed by atoms with E-state index in [1.807, 2.05) is 48.5 Å². The van der Waals surface area contributed by atoms with Gasteiger partial charge in [-0.15, -0.1) is 0 Å². The highest BCUT2D eigenvalue weighted by Gasteiger charge is 2.14. The van der Waals surface area contributed by atoms with Crippen molar-refractivity contribution in [3.05, 3.63) is 78.1 Å². The first kappa shape index (κ1) is 20.5. The lowest BCUT2D eigenvalue weighted by atomic mass is 10.0. The van der Waals surface area contributed by atoms with E-state index in [9.17, 15) is 9.90 Å². The van der Waals surface area contributed by atoms with Gasteiger partial charge in [-0.25, -0.2) is 9.78 Å². The Morgan fingerprint density at radius 3 is 2.55 bits per heavy atom. The number of phenolic OH excluding ortho intramolecular Hbond substituents is 1. The Morgan fingerprint density at radius 1 is 1.03 bits per heavy atom. The molecular weight excluding hydrogens is 392 g/mol.